The number of likely N-dealkylation sites (tertiary alicyclic amines) is 1. The van der Waals surface area contributed by atoms with Crippen molar-refractivity contribution >= 4 is 5.69 Å². The van der Waals surface area contributed by atoms with Crippen LogP contribution >= 0.6 is 0 Å². The van der Waals surface area contributed by atoms with E-state index in [2.05, 4.69) is 11.9 Å². The predicted molar refractivity (Wildman–Crippen MR) is 66.6 cm³/mol. The van der Waals surface area contributed by atoms with Crippen LogP contribution in [0.3, 0.4) is 0 Å². The molecule has 0 saturated carbocycles. The van der Waals surface area contributed by atoms with Gasteiger partial charge in [-0.2, -0.15) is 0 Å². The first-order chi connectivity index (χ1) is 7.74. The molecule has 0 aromatic heterocycles. The summed E-state index contributed by atoms with van der Waals surface area (Å²) in [4.78, 5) is 2.38. The van der Waals surface area contributed by atoms with Crippen LogP contribution < -0.4 is 10.5 Å². The van der Waals surface area contributed by atoms with Crippen molar-refractivity contribution in [2.45, 2.75) is 12.8 Å². The van der Waals surface area contributed by atoms with Crippen LogP contribution in [0.5, 0.6) is 5.75 Å². The lowest BCUT2D eigenvalue weighted by Crippen LogP contribution is -2.34. The largest absolute Gasteiger partial charge is 0.493 e. The van der Waals surface area contributed by atoms with Crippen molar-refractivity contribution in [1.29, 1.82) is 0 Å². The van der Waals surface area contributed by atoms with Gasteiger partial charge < -0.3 is 15.4 Å². The lowest BCUT2D eigenvalue weighted by molar-refractivity contribution is 0.150. The molecule has 1 unspecified atom stereocenters. The van der Waals surface area contributed by atoms with Crippen LogP contribution in [0.15, 0.2) is 24.3 Å². The lowest BCUT2D eigenvalue weighted by atomic mass is 10.00. The molecule has 1 aromatic rings. The van der Waals surface area contributed by atoms with Crippen LogP contribution in [0.2, 0.25) is 0 Å². The van der Waals surface area contributed by atoms with Gasteiger partial charge in [0.05, 0.1) is 6.61 Å². The predicted octanol–water partition coefficient (Wildman–Crippen LogP) is 1.99. The van der Waals surface area contributed by atoms with Gasteiger partial charge in [0, 0.05) is 18.2 Å². The summed E-state index contributed by atoms with van der Waals surface area (Å²) in [5.74, 6) is 1.58. The Balaban J connectivity index is 1.80. The van der Waals surface area contributed by atoms with Crippen LogP contribution in [-0.4, -0.2) is 31.6 Å². The van der Waals surface area contributed by atoms with E-state index in [-0.39, 0.29) is 0 Å². The second-order valence-electron chi connectivity index (χ2n) is 4.65. The molecule has 0 aliphatic carbocycles. The number of hydrogen-bond donors (Lipinski definition) is 1. The van der Waals surface area contributed by atoms with E-state index in [0.717, 1.165) is 24.6 Å². The Morgan fingerprint density at radius 3 is 2.81 bits per heavy atom. The van der Waals surface area contributed by atoms with Gasteiger partial charge in [-0.3, -0.25) is 0 Å². The Labute approximate surface area is 97.2 Å². The van der Waals surface area contributed by atoms with Gasteiger partial charge in [0.25, 0.3) is 0 Å². The quantitative estimate of drug-likeness (QED) is 0.792. The number of nitrogen functional groups attached to an aromatic ring is 1. The molecule has 1 fully saturated rings. The summed E-state index contributed by atoms with van der Waals surface area (Å²) < 4.78 is 5.77. The molecule has 2 N–H and O–H groups in total. The maximum absolute atomic E-state index is 5.77. The molecule has 16 heavy (non-hydrogen) atoms. The minimum absolute atomic E-state index is 0.663. The number of nitrogens with zero attached hydrogens (tertiary/aromatic N) is 1. The van der Waals surface area contributed by atoms with Gasteiger partial charge in [0.15, 0.2) is 0 Å². The number of nitrogens with two attached hydrogens (primary N) is 1. The first kappa shape index (κ1) is 11.3. The molecule has 0 amide bonds. The van der Waals surface area contributed by atoms with Crippen molar-refractivity contribution < 1.29 is 4.74 Å². The minimum Gasteiger partial charge on any atom is -0.493 e. The minimum atomic E-state index is 0.663. The van der Waals surface area contributed by atoms with E-state index < -0.39 is 0 Å². The average molecular weight is 220 g/mol. The summed E-state index contributed by atoms with van der Waals surface area (Å²) in [5.41, 5.74) is 6.40. The molecule has 1 aliphatic rings. The molecule has 1 saturated heterocycles. The summed E-state index contributed by atoms with van der Waals surface area (Å²) in [6.45, 7) is 3.18. The van der Waals surface area contributed by atoms with Crippen LogP contribution in [0.25, 0.3) is 0 Å². The Morgan fingerprint density at radius 1 is 1.38 bits per heavy atom. The summed E-state index contributed by atoms with van der Waals surface area (Å²) in [7, 11) is 2.18. The molecular formula is C13H20N2O. The highest BCUT2D eigenvalue weighted by atomic mass is 16.5. The van der Waals surface area contributed by atoms with Gasteiger partial charge in [-0.15, -0.1) is 0 Å². The Morgan fingerprint density at radius 2 is 2.12 bits per heavy atom. The molecule has 0 bridgehead atoms. The van der Waals surface area contributed by atoms with Crippen LogP contribution in [-0.2, 0) is 0 Å². The Hall–Kier alpha value is -1.22. The molecular weight excluding hydrogens is 200 g/mol. The van der Waals surface area contributed by atoms with Gasteiger partial charge in [-0.1, -0.05) is 0 Å². The number of ether oxygens (including phenoxy) is 1. The highest BCUT2D eigenvalue weighted by molar-refractivity contribution is 5.41. The number of rotatable bonds is 3. The number of benzene rings is 1. The molecule has 1 aromatic carbocycles. The second kappa shape index (κ2) is 5.21. The molecule has 2 rings (SSSR count). The molecule has 3 heteroatoms. The molecule has 88 valence electrons. The zero-order valence-corrected chi connectivity index (χ0v) is 9.86. The lowest BCUT2D eigenvalue weighted by Gasteiger charge is -2.29. The Kier molecular flexibility index (Phi) is 3.67. The maximum Gasteiger partial charge on any atom is 0.119 e. The van der Waals surface area contributed by atoms with E-state index >= 15 is 0 Å². The standard InChI is InChI=1S/C13H20N2O/c1-15-8-2-3-11(9-15)10-16-13-6-4-12(14)5-7-13/h4-7,11H,2-3,8-10,14H2,1H3. The molecule has 0 radical (unpaired) electrons. The molecule has 3 nitrogen and oxygen atoms in total. The van der Waals surface area contributed by atoms with Crippen molar-refractivity contribution in [1.82, 2.24) is 4.90 Å². The highest BCUT2D eigenvalue weighted by Gasteiger charge is 2.17. The second-order valence-corrected chi connectivity index (χ2v) is 4.65. The van der Waals surface area contributed by atoms with Gasteiger partial charge in [-0.05, 0) is 50.7 Å². The van der Waals surface area contributed by atoms with Crippen LogP contribution in [0.1, 0.15) is 12.8 Å². The SMILES string of the molecule is CN1CCCC(COc2ccc(N)cc2)C1. The van der Waals surface area contributed by atoms with Gasteiger partial charge in [0.2, 0.25) is 0 Å². The van der Waals surface area contributed by atoms with E-state index in [1.54, 1.807) is 0 Å². The fourth-order valence-electron chi connectivity index (χ4n) is 2.19. The van der Waals surface area contributed by atoms with Crippen LogP contribution in [0, 0.1) is 5.92 Å². The van der Waals surface area contributed by atoms with E-state index in [1.807, 2.05) is 24.3 Å². The summed E-state index contributed by atoms with van der Waals surface area (Å²) in [6, 6.07) is 7.62. The highest BCUT2D eigenvalue weighted by Crippen LogP contribution is 2.18. The fourth-order valence-corrected chi connectivity index (χ4v) is 2.19. The summed E-state index contributed by atoms with van der Waals surface area (Å²) in [5, 5.41) is 0. The van der Waals surface area contributed by atoms with Gasteiger partial charge in [0.1, 0.15) is 5.75 Å². The van der Waals surface area contributed by atoms with E-state index in [0.29, 0.717) is 5.92 Å². The molecule has 1 aliphatic heterocycles. The zero-order chi connectivity index (χ0) is 11.4. The monoisotopic (exact) mass is 220 g/mol. The van der Waals surface area contributed by atoms with Crippen LogP contribution in [0.4, 0.5) is 5.69 Å². The number of piperidine rings is 1. The normalized spacial score (nSPS) is 21.9. The van der Waals surface area contributed by atoms with E-state index in [9.17, 15) is 0 Å². The summed E-state index contributed by atoms with van der Waals surface area (Å²) in [6.07, 6.45) is 2.56. The van der Waals surface area contributed by atoms with Crippen molar-refractivity contribution in [2.24, 2.45) is 5.92 Å². The van der Waals surface area contributed by atoms with Crippen molar-refractivity contribution in [3.05, 3.63) is 24.3 Å². The van der Waals surface area contributed by atoms with E-state index in [4.69, 9.17) is 10.5 Å². The number of anilines is 1. The first-order valence-corrected chi connectivity index (χ1v) is 5.91. The molecule has 0 spiro atoms. The van der Waals surface area contributed by atoms with Gasteiger partial charge in [-0.25, -0.2) is 0 Å². The maximum atomic E-state index is 5.77. The summed E-state index contributed by atoms with van der Waals surface area (Å²) >= 11 is 0. The van der Waals surface area contributed by atoms with Crippen molar-refractivity contribution in [2.75, 3.05) is 32.5 Å². The number of hydrogen-bond acceptors (Lipinski definition) is 3. The molecule has 1 atom stereocenters. The van der Waals surface area contributed by atoms with Gasteiger partial charge >= 0.3 is 0 Å². The third-order valence-electron chi connectivity index (χ3n) is 3.09. The third-order valence-corrected chi connectivity index (χ3v) is 3.09. The topological polar surface area (TPSA) is 38.5 Å². The van der Waals surface area contributed by atoms with Crippen molar-refractivity contribution in [3.8, 4) is 5.75 Å². The van der Waals surface area contributed by atoms with E-state index in [1.165, 1.54) is 19.4 Å². The smallest absolute Gasteiger partial charge is 0.119 e. The molecule has 1 heterocycles. The third kappa shape index (κ3) is 3.14. The zero-order valence-electron chi connectivity index (χ0n) is 9.86. The first-order valence-electron chi connectivity index (χ1n) is 5.91. The Bertz CT molecular complexity index is 323. The van der Waals surface area contributed by atoms with Crippen molar-refractivity contribution in [3.63, 3.8) is 0 Å². The fraction of sp³-hybridized carbons (Fsp3) is 0.538. The average Bonchev–Trinajstić information content (AvgIpc) is 2.28.